The number of nitriles is 1. The summed E-state index contributed by atoms with van der Waals surface area (Å²) < 4.78 is 31.6. The maximum absolute atomic E-state index is 12.5. The molecule has 10 heteroatoms. The Morgan fingerprint density at radius 1 is 1.43 bits per heavy atom. The second kappa shape index (κ2) is 7.19. The maximum Gasteiger partial charge on any atom is 0.243 e. The molecule has 1 aromatic carbocycles. The lowest BCUT2D eigenvalue weighted by molar-refractivity contribution is 0.0730. The molecule has 0 spiro atoms. The third kappa shape index (κ3) is 4.04. The second-order valence-electron chi connectivity index (χ2n) is 4.64. The van der Waals surface area contributed by atoms with Gasteiger partial charge in [-0.1, -0.05) is 6.07 Å². The molecule has 0 unspecified atom stereocenters. The van der Waals surface area contributed by atoms with Gasteiger partial charge in [0.05, 0.1) is 23.8 Å². The number of benzene rings is 1. The van der Waals surface area contributed by atoms with E-state index in [-0.39, 0.29) is 10.6 Å². The quantitative estimate of drug-likeness (QED) is 0.390. The summed E-state index contributed by atoms with van der Waals surface area (Å²) in [5.74, 6) is -0.475. The highest BCUT2D eigenvalue weighted by Gasteiger charge is 2.26. The number of nitrogens with zero attached hydrogens (tertiary/aromatic N) is 3. The fourth-order valence-corrected chi connectivity index (χ4v) is 3.38. The Hall–Kier alpha value is -2.48. The monoisotopic (exact) mass is 336 g/mol. The van der Waals surface area contributed by atoms with Crippen molar-refractivity contribution < 1.29 is 13.2 Å². The fraction of sp³-hybridized carbons (Fsp3) is 0.308. The van der Waals surface area contributed by atoms with Crippen molar-refractivity contribution in [2.45, 2.75) is 4.90 Å². The maximum atomic E-state index is 12.5. The van der Waals surface area contributed by atoms with Gasteiger partial charge in [-0.05, 0) is 18.2 Å². The van der Waals surface area contributed by atoms with Gasteiger partial charge in [-0.2, -0.15) is 14.7 Å². The van der Waals surface area contributed by atoms with Gasteiger partial charge in [0.15, 0.2) is 5.84 Å². The fourth-order valence-electron chi connectivity index (χ4n) is 1.93. The van der Waals surface area contributed by atoms with Crippen LogP contribution in [-0.2, 0) is 14.8 Å². The van der Waals surface area contributed by atoms with Crippen LogP contribution in [-0.4, -0.2) is 50.6 Å². The Bertz CT molecular complexity index is 762. The molecule has 1 aliphatic heterocycles. The zero-order valence-corrected chi connectivity index (χ0v) is 13.0. The molecule has 9 nitrogen and oxygen atoms in total. The van der Waals surface area contributed by atoms with E-state index >= 15 is 0 Å². The number of hydrazone groups is 1. The van der Waals surface area contributed by atoms with Crippen LogP contribution in [0.15, 0.2) is 34.3 Å². The first-order chi connectivity index (χ1) is 10.9. The lowest BCUT2D eigenvalue weighted by Gasteiger charge is -2.26. The molecule has 1 saturated heterocycles. The average Bonchev–Trinajstić information content (AvgIpc) is 2.56. The van der Waals surface area contributed by atoms with E-state index in [4.69, 9.17) is 21.1 Å². The van der Waals surface area contributed by atoms with Crippen LogP contribution >= 0.6 is 0 Å². The summed E-state index contributed by atoms with van der Waals surface area (Å²) in [5, 5.41) is 19.6. The molecule has 23 heavy (non-hydrogen) atoms. The van der Waals surface area contributed by atoms with Gasteiger partial charge in [-0.15, -0.1) is 0 Å². The molecular weight excluding hydrogens is 320 g/mol. The van der Waals surface area contributed by atoms with Crippen LogP contribution in [0.4, 0.5) is 5.69 Å². The van der Waals surface area contributed by atoms with E-state index in [1.165, 1.54) is 16.4 Å². The Kier molecular flexibility index (Phi) is 5.28. The first-order valence-electron chi connectivity index (χ1n) is 6.71. The third-order valence-electron chi connectivity index (χ3n) is 3.10. The minimum Gasteiger partial charge on any atom is -0.382 e. The lowest BCUT2D eigenvalue weighted by Crippen LogP contribution is -2.40. The number of sulfonamides is 1. The molecular formula is C13H16N6O3S. The van der Waals surface area contributed by atoms with Crippen LogP contribution in [0.2, 0.25) is 0 Å². The first kappa shape index (κ1) is 16.9. The number of morpholine rings is 1. The number of hydrogen-bond donors (Lipinski definition) is 3. The lowest BCUT2D eigenvalue weighted by atomic mass is 10.3. The Labute approximate surface area is 133 Å². The molecule has 0 bridgehead atoms. The number of rotatable bonds is 5. The number of nitrogens with one attached hydrogen (secondary N) is 2. The molecule has 0 atom stereocenters. The van der Waals surface area contributed by atoms with E-state index in [1.807, 2.05) is 0 Å². The predicted octanol–water partition coefficient (Wildman–Crippen LogP) is -0.0650. The molecule has 0 amide bonds. The van der Waals surface area contributed by atoms with E-state index in [0.29, 0.717) is 32.0 Å². The van der Waals surface area contributed by atoms with Gasteiger partial charge in [-0.25, -0.2) is 8.42 Å². The Balaban J connectivity index is 2.23. The van der Waals surface area contributed by atoms with Crippen LogP contribution in [0.1, 0.15) is 0 Å². The van der Waals surface area contributed by atoms with Gasteiger partial charge < -0.3 is 10.5 Å². The molecule has 1 heterocycles. The minimum absolute atomic E-state index is 0.112. The van der Waals surface area contributed by atoms with Gasteiger partial charge in [0, 0.05) is 13.1 Å². The highest BCUT2D eigenvalue weighted by atomic mass is 32.2. The van der Waals surface area contributed by atoms with Crippen molar-refractivity contribution in [1.29, 1.82) is 10.7 Å². The van der Waals surface area contributed by atoms with Crippen molar-refractivity contribution in [2.75, 3.05) is 31.7 Å². The largest absolute Gasteiger partial charge is 0.382 e. The minimum atomic E-state index is -3.61. The second-order valence-corrected chi connectivity index (χ2v) is 6.58. The molecule has 0 radical (unpaired) electrons. The van der Waals surface area contributed by atoms with Crippen molar-refractivity contribution in [3.8, 4) is 6.07 Å². The summed E-state index contributed by atoms with van der Waals surface area (Å²) in [6, 6.07) is 7.71. The van der Waals surface area contributed by atoms with E-state index < -0.39 is 15.9 Å². The molecule has 1 aromatic rings. The number of hydrogen-bond acceptors (Lipinski definition) is 7. The van der Waals surface area contributed by atoms with E-state index in [0.717, 1.165) is 0 Å². The standard InChI is InChI=1S/C13H16N6O3S/c14-9-12(13(15)16)18-17-10-2-1-3-11(8-10)23(20,21)19-4-6-22-7-5-19/h1-3,8,17H,4-7H2,(H3,15,16)/b18-12+. The van der Waals surface area contributed by atoms with Gasteiger partial charge >= 0.3 is 0 Å². The van der Waals surface area contributed by atoms with Crippen LogP contribution in [0.5, 0.6) is 0 Å². The summed E-state index contributed by atoms with van der Waals surface area (Å²) in [5.41, 5.74) is 7.80. The van der Waals surface area contributed by atoms with Crippen molar-refractivity contribution in [1.82, 2.24) is 4.31 Å². The average molecular weight is 336 g/mol. The van der Waals surface area contributed by atoms with Crippen molar-refractivity contribution in [2.24, 2.45) is 10.8 Å². The van der Waals surface area contributed by atoms with Crippen molar-refractivity contribution in [3.63, 3.8) is 0 Å². The topological polar surface area (TPSA) is 145 Å². The SMILES string of the molecule is N#C/C(=N\Nc1cccc(S(=O)(=O)N2CCOCC2)c1)C(=N)N. The number of ether oxygens (including phenoxy) is 1. The van der Waals surface area contributed by atoms with Gasteiger partial charge in [0.25, 0.3) is 0 Å². The zero-order chi connectivity index (χ0) is 16.9. The number of amidine groups is 1. The zero-order valence-electron chi connectivity index (χ0n) is 12.2. The van der Waals surface area contributed by atoms with Crippen molar-refractivity contribution >= 4 is 27.3 Å². The molecule has 4 N–H and O–H groups in total. The van der Waals surface area contributed by atoms with Crippen LogP contribution in [0.25, 0.3) is 0 Å². The summed E-state index contributed by atoms with van der Waals surface area (Å²) in [6.07, 6.45) is 0. The highest BCUT2D eigenvalue weighted by molar-refractivity contribution is 7.89. The molecule has 0 aromatic heterocycles. The van der Waals surface area contributed by atoms with Crippen molar-refractivity contribution in [3.05, 3.63) is 24.3 Å². The first-order valence-corrected chi connectivity index (χ1v) is 8.15. The predicted molar refractivity (Wildman–Crippen MR) is 84.6 cm³/mol. The Morgan fingerprint density at radius 3 is 2.74 bits per heavy atom. The molecule has 0 saturated carbocycles. The van der Waals surface area contributed by atoms with Crippen LogP contribution < -0.4 is 11.2 Å². The highest BCUT2D eigenvalue weighted by Crippen LogP contribution is 2.20. The molecule has 0 aliphatic carbocycles. The molecule has 122 valence electrons. The summed E-state index contributed by atoms with van der Waals surface area (Å²) in [7, 11) is -3.61. The normalized spacial score (nSPS) is 16.6. The molecule has 1 fully saturated rings. The smallest absolute Gasteiger partial charge is 0.243 e. The Morgan fingerprint density at radius 2 is 2.13 bits per heavy atom. The number of anilines is 1. The van der Waals surface area contributed by atoms with E-state index in [2.05, 4.69) is 10.5 Å². The van der Waals surface area contributed by atoms with Gasteiger partial charge in [0.1, 0.15) is 6.07 Å². The number of nitrogens with two attached hydrogens (primary N) is 1. The summed E-state index contributed by atoms with van der Waals surface area (Å²) in [6.45, 7) is 1.35. The third-order valence-corrected chi connectivity index (χ3v) is 4.99. The van der Waals surface area contributed by atoms with E-state index in [1.54, 1.807) is 18.2 Å². The molecule has 1 aliphatic rings. The summed E-state index contributed by atoms with van der Waals surface area (Å²) in [4.78, 5) is 0.112. The van der Waals surface area contributed by atoms with E-state index in [9.17, 15) is 8.42 Å². The van der Waals surface area contributed by atoms with Crippen LogP contribution in [0, 0.1) is 16.7 Å². The van der Waals surface area contributed by atoms with Gasteiger partial charge in [0.2, 0.25) is 15.7 Å². The summed E-state index contributed by atoms with van der Waals surface area (Å²) >= 11 is 0. The van der Waals surface area contributed by atoms with Gasteiger partial charge in [-0.3, -0.25) is 10.8 Å². The van der Waals surface area contributed by atoms with Crippen LogP contribution in [0.3, 0.4) is 0 Å². The molecule has 2 rings (SSSR count).